The van der Waals surface area contributed by atoms with Gasteiger partial charge in [0.2, 0.25) is 17.2 Å². The van der Waals surface area contributed by atoms with Gasteiger partial charge in [0.25, 0.3) is 20.2 Å². The number of aromatic nitrogens is 3. The van der Waals surface area contributed by atoms with Crippen molar-refractivity contribution in [1.82, 2.24) is 15.0 Å². The molecule has 0 amide bonds. The van der Waals surface area contributed by atoms with Gasteiger partial charge in [-0.3, -0.25) is 9.11 Å². The van der Waals surface area contributed by atoms with Crippen molar-refractivity contribution in [2.45, 2.75) is 21.6 Å². The SMILES string of the molecule is CCN(c1ccccc1)c1nc(Cl)nc(Nc2cc(SOOO)cc3cc(S(=O)(=O)O)c(/N=N/c4ccccc4S(=O)(=O)O)c(O)c23)n1. The second-order valence-electron chi connectivity index (χ2n) is 9.42. The topological polar surface area (TPSA) is 246 Å². The molecule has 21 heteroatoms. The Kier molecular flexibility index (Phi) is 10.4. The van der Waals surface area contributed by atoms with Gasteiger partial charge in [-0.1, -0.05) is 35.4 Å². The third-order valence-electron chi connectivity index (χ3n) is 6.43. The van der Waals surface area contributed by atoms with Gasteiger partial charge in [0.1, 0.15) is 21.2 Å². The van der Waals surface area contributed by atoms with Crippen molar-refractivity contribution < 1.29 is 45.7 Å². The van der Waals surface area contributed by atoms with Gasteiger partial charge in [0.15, 0.2) is 5.75 Å². The highest BCUT2D eigenvalue weighted by Crippen LogP contribution is 2.46. The number of para-hydroxylation sites is 1. The molecule has 0 aliphatic heterocycles. The van der Waals surface area contributed by atoms with Crippen LogP contribution in [-0.4, -0.2) is 57.8 Å². The lowest BCUT2D eigenvalue weighted by Crippen LogP contribution is -2.19. The summed E-state index contributed by atoms with van der Waals surface area (Å²) in [5, 5.41) is 33.9. The molecule has 1 heterocycles. The van der Waals surface area contributed by atoms with E-state index in [-0.39, 0.29) is 38.5 Å². The molecule has 5 rings (SSSR count). The number of fused-ring (bicyclic) bond motifs is 1. The Morgan fingerprint density at radius 1 is 0.917 bits per heavy atom. The number of anilines is 4. The molecule has 0 fully saturated rings. The van der Waals surface area contributed by atoms with Crippen molar-refractivity contribution in [3.63, 3.8) is 0 Å². The van der Waals surface area contributed by atoms with Crippen LogP contribution in [0.1, 0.15) is 6.92 Å². The third kappa shape index (κ3) is 7.78. The van der Waals surface area contributed by atoms with Crippen LogP contribution in [0.4, 0.5) is 34.6 Å². The molecule has 0 saturated heterocycles. The largest absolute Gasteiger partial charge is 0.505 e. The average Bonchev–Trinajstić information content (AvgIpc) is 3.03. The quantitative estimate of drug-likeness (QED) is 0.0297. The number of nitrogens with one attached hydrogen (secondary N) is 1. The Balaban J connectivity index is 1.71. The molecule has 250 valence electrons. The normalized spacial score (nSPS) is 12.1. The first-order valence-corrected chi connectivity index (χ1v) is 17.3. The van der Waals surface area contributed by atoms with E-state index in [1.165, 1.54) is 24.3 Å². The van der Waals surface area contributed by atoms with E-state index in [4.69, 9.17) is 16.9 Å². The third-order valence-corrected chi connectivity index (χ3v) is 8.93. The van der Waals surface area contributed by atoms with Crippen molar-refractivity contribution in [3.05, 3.63) is 78.1 Å². The number of rotatable bonds is 12. The van der Waals surface area contributed by atoms with Crippen LogP contribution in [0.2, 0.25) is 5.28 Å². The minimum atomic E-state index is -5.10. The number of azo groups is 1. The highest BCUT2D eigenvalue weighted by molar-refractivity contribution is 7.94. The molecule has 1 aromatic heterocycles. The van der Waals surface area contributed by atoms with Gasteiger partial charge in [-0.15, -0.1) is 14.6 Å². The summed E-state index contributed by atoms with van der Waals surface area (Å²) in [5.74, 6) is -0.806. The minimum Gasteiger partial charge on any atom is -0.505 e. The molecule has 0 atom stereocenters. The lowest BCUT2D eigenvalue weighted by molar-refractivity contribution is -0.432. The van der Waals surface area contributed by atoms with Crippen LogP contribution < -0.4 is 10.2 Å². The van der Waals surface area contributed by atoms with E-state index < -0.39 is 47.2 Å². The fourth-order valence-corrected chi connectivity index (χ4v) is 6.39. The fourth-order valence-electron chi connectivity index (χ4n) is 4.50. The number of hydrogen-bond acceptors (Lipinski definition) is 16. The molecular weight excluding hydrogens is 714 g/mol. The molecule has 0 aliphatic rings. The Morgan fingerprint density at radius 3 is 2.27 bits per heavy atom. The van der Waals surface area contributed by atoms with Crippen LogP contribution in [0, 0.1) is 0 Å². The van der Waals surface area contributed by atoms with Crippen molar-refractivity contribution in [1.29, 1.82) is 0 Å². The van der Waals surface area contributed by atoms with Gasteiger partial charge < -0.3 is 15.3 Å². The summed E-state index contributed by atoms with van der Waals surface area (Å²) in [6.45, 7) is 2.30. The monoisotopic (exact) mass is 735 g/mol. The summed E-state index contributed by atoms with van der Waals surface area (Å²) in [4.78, 5) is 13.1. The van der Waals surface area contributed by atoms with E-state index in [0.717, 1.165) is 23.9 Å². The summed E-state index contributed by atoms with van der Waals surface area (Å²) in [6.07, 6.45) is 0. The van der Waals surface area contributed by atoms with Crippen LogP contribution in [0.15, 0.2) is 97.7 Å². The average molecular weight is 736 g/mol. The predicted molar refractivity (Wildman–Crippen MR) is 174 cm³/mol. The zero-order valence-corrected chi connectivity index (χ0v) is 27.4. The Morgan fingerprint density at radius 2 is 1.60 bits per heavy atom. The maximum Gasteiger partial charge on any atom is 0.296 e. The van der Waals surface area contributed by atoms with Crippen LogP contribution in [-0.2, 0) is 29.6 Å². The number of phenols is 1. The zero-order chi connectivity index (χ0) is 34.6. The van der Waals surface area contributed by atoms with Gasteiger partial charge in [0.05, 0.1) is 17.7 Å². The Labute approximate surface area is 281 Å². The summed E-state index contributed by atoms with van der Waals surface area (Å²) in [6, 6.07) is 17.7. The van der Waals surface area contributed by atoms with E-state index in [0.29, 0.717) is 18.6 Å². The highest BCUT2D eigenvalue weighted by atomic mass is 35.5. The summed E-state index contributed by atoms with van der Waals surface area (Å²) in [5.41, 5.74) is -0.441. The van der Waals surface area contributed by atoms with Crippen molar-refractivity contribution in [2.24, 2.45) is 10.2 Å². The van der Waals surface area contributed by atoms with Crippen LogP contribution in [0.3, 0.4) is 0 Å². The van der Waals surface area contributed by atoms with E-state index in [1.807, 2.05) is 37.3 Å². The van der Waals surface area contributed by atoms with Crippen LogP contribution in [0.25, 0.3) is 10.8 Å². The first-order chi connectivity index (χ1) is 22.8. The Bertz CT molecular complexity index is 2250. The molecule has 5 N–H and O–H groups in total. The first-order valence-electron chi connectivity index (χ1n) is 13.3. The second-order valence-corrected chi connectivity index (χ2v) is 13.3. The van der Waals surface area contributed by atoms with Gasteiger partial charge in [-0.05, 0) is 66.4 Å². The van der Waals surface area contributed by atoms with Crippen molar-refractivity contribution >= 4 is 89.3 Å². The maximum atomic E-state index is 12.5. The molecular formula is C27H22ClN7O10S3. The lowest BCUT2D eigenvalue weighted by Gasteiger charge is -2.21. The first kappa shape index (κ1) is 34.8. The van der Waals surface area contributed by atoms with Gasteiger partial charge in [-0.25, -0.2) is 5.26 Å². The molecule has 0 unspecified atom stereocenters. The minimum absolute atomic E-state index is 0.00156. The highest BCUT2D eigenvalue weighted by Gasteiger charge is 2.25. The number of nitrogens with zero attached hydrogens (tertiary/aromatic N) is 6. The number of aromatic hydroxyl groups is 1. The Hall–Kier alpha value is -4.51. The molecule has 0 spiro atoms. The van der Waals surface area contributed by atoms with Crippen molar-refractivity contribution in [3.8, 4) is 5.75 Å². The number of phenolic OH excluding ortho intramolecular Hbond substituents is 1. The lowest BCUT2D eigenvalue weighted by atomic mass is 10.1. The van der Waals surface area contributed by atoms with E-state index in [2.05, 4.69) is 39.9 Å². The van der Waals surface area contributed by atoms with Gasteiger partial charge in [-0.2, -0.15) is 31.8 Å². The van der Waals surface area contributed by atoms with Gasteiger partial charge >= 0.3 is 0 Å². The number of hydrogen-bond donors (Lipinski definition) is 5. The number of halogens is 1. The van der Waals surface area contributed by atoms with Crippen molar-refractivity contribution in [2.75, 3.05) is 16.8 Å². The van der Waals surface area contributed by atoms with E-state index in [1.54, 1.807) is 4.90 Å². The molecule has 0 saturated carbocycles. The number of benzene rings is 4. The van der Waals surface area contributed by atoms with E-state index >= 15 is 0 Å². The molecule has 0 aliphatic carbocycles. The molecule has 5 aromatic rings. The van der Waals surface area contributed by atoms with Crippen LogP contribution >= 0.6 is 23.6 Å². The second kappa shape index (κ2) is 14.3. The summed E-state index contributed by atoms with van der Waals surface area (Å²) in [7, 11) is -9.88. The molecule has 48 heavy (non-hydrogen) atoms. The summed E-state index contributed by atoms with van der Waals surface area (Å²) >= 11 is 6.76. The standard InChI is InChI=1S/C27H22ClN7O10S3/c1-2-35(16-8-4-3-5-9-16)27-31-25(28)30-26(32-27)29-19-14-17(46-45-44-37)12-15-13-21(48(41,42)43)23(24(36)22(15)19)34-33-18-10-6-7-11-20(18)47(38,39)40/h3-14,36-37H,2H2,1H3,(H,38,39,40)(H,41,42,43)(H,29,30,31,32)/b34-33+. The zero-order valence-electron chi connectivity index (χ0n) is 24.2. The predicted octanol–water partition coefficient (Wildman–Crippen LogP) is 6.62. The molecule has 17 nitrogen and oxygen atoms in total. The molecule has 4 aromatic carbocycles. The maximum absolute atomic E-state index is 12.5. The fraction of sp³-hybridized carbons (Fsp3) is 0.0741. The van der Waals surface area contributed by atoms with Gasteiger partial charge in [0, 0.05) is 22.5 Å². The smallest absolute Gasteiger partial charge is 0.296 e. The summed E-state index contributed by atoms with van der Waals surface area (Å²) < 4.78 is 72.8. The van der Waals surface area contributed by atoms with Crippen LogP contribution in [0.5, 0.6) is 5.75 Å². The molecule has 0 radical (unpaired) electrons. The molecule has 0 bridgehead atoms. The van der Waals surface area contributed by atoms with E-state index in [9.17, 15) is 31.0 Å².